The van der Waals surface area contributed by atoms with Gasteiger partial charge in [-0.05, 0) is 46.3 Å². The molecule has 0 aliphatic rings. The summed E-state index contributed by atoms with van der Waals surface area (Å²) in [6, 6.07) is 7.38. The Bertz CT molecular complexity index is 796. The van der Waals surface area contributed by atoms with Crippen LogP contribution >= 0.6 is 15.9 Å². The van der Waals surface area contributed by atoms with Crippen molar-refractivity contribution in [3.05, 3.63) is 52.5 Å². The predicted octanol–water partition coefficient (Wildman–Crippen LogP) is 3.84. The number of rotatable bonds is 2. The third-order valence-electron chi connectivity index (χ3n) is 2.69. The Morgan fingerprint density at radius 1 is 1.00 bits per heavy atom. The van der Waals surface area contributed by atoms with Crippen molar-refractivity contribution in [1.82, 2.24) is 0 Å². The van der Waals surface area contributed by atoms with E-state index < -0.39 is 29.6 Å². The van der Waals surface area contributed by atoms with Crippen molar-refractivity contribution in [2.45, 2.75) is 6.18 Å². The topological polar surface area (TPSA) is 130 Å². The zero-order chi connectivity index (χ0) is 19.9. The van der Waals surface area contributed by atoms with E-state index >= 15 is 0 Å². The number of anilines is 2. The Balaban J connectivity index is 0.000000765. The number of urea groups is 2. The highest BCUT2D eigenvalue weighted by Gasteiger charge is 2.31. The van der Waals surface area contributed by atoms with E-state index in [0.717, 1.165) is 12.1 Å². The van der Waals surface area contributed by atoms with Crippen LogP contribution in [0.2, 0.25) is 0 Å². The van der Waals surface area contributed by atoms with Crippen molar-refractivity contribution in [2.75, 3.05) is 10.6 Å². The number of hydrogen-bond donors (Lipinski definition) is 5. The lowest BCUT2D eigenvalue weighted by molar-refractivity contribution is -0.137. The quantitative estimate of drug-likeness (QED) is 0.460. The fourth-order valence-corrected chi connectivity index (χ4v) is 2.03. The molecule has 4 amide bonds. The third kappa shape index (κ3) is 6.89. The van der Waals surface area contributed by atoms with Gasteiger partial charge in [-0.15, -0.1) is 0 Å². The summed E-state index contributed by atoms with van der Waals surface area (Å²) in [5.41, 5.74) is 7.63. The van der Waals surface area contributed by atoms with Gasteiger partial charge in [-0.2, -0.15) is 13.2 Å². The van der Waals surface area contributed by atoms with Crippen LogP contribution in [0.4, 0.5) is 34.1 Å². The number of phenols is 1. The molecule has 0 saturated heterocycles. The number of nitrogens with two attached hydrogens (primary N) is 2. The number of hydrogen-bond acceptors (Lipinski definition) is 3. The van der Waals surface area contributed by atoms with Crippen molar-refractivity contribution >= 4 is 39.4 Å². The molecule has 0 bridgehead atoms. The van der Waals surface area contributed by atoms with Gasteiger partial charge < -0.3 is 27.2 Å². The number of aromatic hydroxyl groups is 1. The molecule has 26 heavy (non-hydrogen) atoms. The van der Waals surface area contributed by atoms with Crippen LogP contribution < -0.4 is 22.1 Å². The lowest BCUT2D eigenvalue weighted by Gasteiger charge is -2.12. The van der Waals surface area contributed by atoms with Crippen LogP contribution in [0.15, 0.2) is 46.9 Å². The molecule has 0 fully saturated rings. The van der Waals surface area contributed by atoms with Gasteiger partial charge >= 0.3 is 18.2 Å². The molecule has 0 unspecified atom stereocenters. The van der Waals surface area contributed by atoms with E-state index in [1.165, 1.54) is 0 Å². The van der Waals surface area contributed by atoms with Gasteiger partial charge in [-0.1, -0.05) is 12.1 Å². The van der Waals surface area contributed by atoms with Crippen molar-refractivity contribution in [3.63, 3.8) is 0 Å². The zero-order valence-electron chi connectivity index (χ0n) is 13.0. The van der Waals surface area contributed by atoms with Crippen LogP contribution in [0, 0.1) is 0 Å². The van der Waals surface area contributed by atoms with Crippen LogP contribution in [0.25, 0.3) is 0 Å². The summed E-state index contributed by atoms with van der Waals surface area (Å²) in [6.07, 6.45) is -4.57. The van der Waals surface area contributed by atoms with Crippen LogP contribution in [-0.2, 0) is 6.18 Å². The molecule has 0 aromatic heterocycles. The van der Waals surface area contributed by atoms with E-state index in [2.05, 4.69) is 38.0 Å². The van der Waals surface area contributed by atoms with Gasteiger partial charge in [-0.3, -0.25) is 0 Å². The average Bonchev–Trinajstić information content (AvgIpc) is 2.50. The third-order valence-corrected chi connectivity index (χ3v) is 3.39. The maximum absolute atomic E-state index is 12.6. The molecule has 7 nitrogen and oxygen atoms in total. The van der Waals surface area contributed by atoms with Gasteiger partial charge in [0.15, 0.2) is 0 Å². The number of amides is 4. The second-order valence-electron chi connectivity index (χ2n) is 4.69. The second-order valence-corrected chi connectivity index (χ2v) is 5.55. The number of carbonyl (C=O) groups is 2. The van der Waals surface area contributed by atoms with E-state index in [0.29, 0.717) is 16.2 Å². The number of phenolic OH excluding ortho intramolecular Hbond substituents is 1. The summed E-state index contributed by atoms with van der Waals surface area (Å²) in [4.78, 5) is 20.8. The molecule has 0 radical (unpaired) electrons. The van der Waals surface area contributed by atoms with Crippen molar-refractivity contribution in [1.29, 1.82) is 0 Å². The van der Waals surface area contributed by atoms with E-state index in [1.54, 1.807) is 24.3 Å². The minimum Gasteiger partial charge on any atom is -0.506 e. The second kappa shape index (κ2) is 8.94. The number of nitrogens with one attached hydrogen (secondary N) is 2. The SMILES string of the molecule is NC(N)=O.O=C(Nc1cc(C(F)(F)F)ccc1O)Nc1ccccc1Br. The van der Waals surface area contributed by atoms with Gasteiger partial charge in [0.25, 0.3) is 0 Å². The molecule has 0 spiro atoms. The number of halogens is 4. The zero-order valence-corrected chi connectivity index (χ0v) is 14.6. The first-order valence-corrected chi connectivity index (χ1v) is 7.57. The van der Waals surface area contributed by atoms with Gasteiger partial charge in [0.05, 0.1) is 16.9 Å². The Hall–Kier alpha value is -2.95. The number of para-hydroxylation sites is 1. The molecule has 2 aromatic rings. The van der Waals surface area contributed by atoms with Crippen LogP contribution in [-0.4, -0.2) is 17.2 Å². The molecule has 2 rings (SSSR count). The van der Waals surface area contributed by atoms with E-state index in [1.807, 2.05) is 0 Å². The summed E-state index contributed by atoms with van der Waals surface area (Å²) in [6.45, 7) is 0. The maximum Gasteiger partial charge on any atom is 0.416 e. The van der Waals surface area contributed by atoms with Crippen molar-refractivity contribution < 1.29 is 27.9 Å². The Morgan fingerprint density at radius 3 is 2.08 bits per heavy atom. The molecular formula is C15H14BrF3N4O3. The van der Waals surface area contributed by atoms with Gasteiger partial charge in [-0.25, -0.2) is 9.59 Å². The summed E-state index contributed by atoms with van der Waals surface area (Å²) in [5.74, 6) is -0.463. The molecule has 7 N–H and O–H groups in total. The summed E-state index contributed by atoms with van der Waals surface area (Å²) in [5, 5.41) is 14.2. The first kappa shape index (κ1) is 21.1. The van der Waals surface area contributed by atoms with E-state index in [4.69, 9.17) is 4.79 Å². The predicted molar refractivity (Wildman–Crippen MR) is 93.7 cm³/mol. The smallest absolute Gasteiger partial charge is 0.416 e. The highest BCUT2D eigenvalue weighted by atomic mass is 79.9. The first-order chi connectivity index (χ1) is 12.0. The number of alkyl halides is 3. The molecule has 0 aliphatic carbocycles. The first-order valence-electron chi connectivity index (χ1n) is 6.78. The fraction of sp³-hybridized carbons (Fsp3) is 0.0667. The average molecular weight is 435 g/mol. The number of benzene rings is 2. The standard InChI is InChI=1S/C14H10BrF3N2O2.CH4N2O/c15-9-3-1-2-4-10(9)19-13(22)20-11-7-8(14(16,17)18)5-6-12(11)21;2-1(3)4/h1-7,21H,(H2,19,20,22);(H4,2,3,4). The molecule has 11 heteroatoms. The highest BCUT2D eigenvalue weighted by molar-refractivity contribution is 9.10. The summed E-state index contributed by atoms with van der Waals surface area (Å²) < 4.78 is 38.5. The highest BCUT2D eigenvalue weighted by Crippen LogP contribution is 2.34. The number of primary amides is 2. The van der Waals surface area contributed by atoms with E-state index in [9.17, 15) is 23.1 Å². The lowest BCUT2D eigenvalue weighted by atomic mass is 10.2. The number of carbonyl (C=O) groups excluding carboxylic acids is 2. The van der Waals surface area contributed by atoms with Crippen molar-refractivity contribution in [2.24, 2.45) is 11.5 Å². The lowest BCUT2D eigenvalue weighted by Crippen LogP contribution is -2.20. The molecule has 2 aromatic carbocycles. The van der Waals surface area contributed by atoms with Crippen molar-refractivity contribution in [3.8, 4) is 5.75 Å². The molecule has 0 heterocycles. The molecule has 0 atom stereocenters. The molecule has 140 valence electrons. The van der Waals surface area contributed by atoms with Crippen LogP contribution in [0.1, 0.15) is 5.56 Å². The minimum atomic E-state index is -4.57. The Labute approximate surface area is 154 Å². The normalized spacial score (nSPS) is 10.3. The molecule has 0 saturated carbocycles. The molecule has 0 aliphatic heterocycles. The van der Waals surface area contributed by atoms with E-state index in [-0.39, 0.29) is 5.69 Å². The Morgan fingerprint density at radius 2 is 1.54 bits per heavy atom. The summed E-state index contributed by atoms with van der Waals surface area (Å²) in [7, 11) is 0. The van der Waals surface area contributed by atoms with Gasteiger partial charge in [0.2, 0.25) is 0 Å². The monoisotopic (exact) mass is 434 g/mol. The fourth-order valence-electron chi connectivity index (χ4n) is 1.65. The maximum atomic E-state index is 12.6. The minimum absolute atomic E-state index is 0.334. The van der Waals surface area contributed by atoms with Gasteiger partial charge in [0, 0.05) is 4.47 Å². The largest absolute Gasteiger partial charge is 0.506 e. The molecular weight excluding hydrogens is 421 g/mol. The van der Waals surface area contributed by atoms with Crippen LogP contribution in [0.3, 0.4) is 0 Å². The van der Waals surface area contributed by atoms with Crippen LogP contribution in [0.5, 0.6) is 5.75 Å². The van der Waals surface area contributed by atoms with Gasteiger partial charge in [0.1, 0.15) is 5.75 Å². The Kier molecular flexibility index (Phi) is 7.26. The summed E-state index contributed by atoms with van der Waals surface area (Å²) >= 11 is 3.22.